The van der Waals surface area contributed by atoms with Gasteiger partial charge < -0.3 is 10.2 Å². The third kappa shape index (κ3) is 2.96. The average Bonchev–Trinajstić information content (AvgIpc) is 3.27. The Kier molecular flexibility index (Phi) is 4.20. The monoisotopic (exact) mass is 355 g/mol. The van der Waals surface area contributed by atoms with E-state index in [9.17, 15) is 14.9 Å². The van der Waals surface area contributed by atoms with Crippen molar-refractivity contribution in [3.8, 4) is 5.69 Å². The number of piperidine rings is 1. The quantitative estimate of drug-likeness (QED) is 0.670. The van der Waals surface area contributed by atoms with E-state index in [1.54, 1.807) is 35.4 Å². The van der Waals surface area contributed by atoms with Gasteiger partial charge >= 0.3 is 0 Å². The van der Waals surface area contributed by atoms with Gasteiger partial charge in [-0.15, -0.1) is 0 Å². The highest BCUT2D eigenvalue weighted by Crippen LogP contribution is 2.30. The van der Waals surface area contributed by atoms with E-state index in [2.05, 4.69) is 10.4 Å². The van der Waals surface area contributed by atoms with Crippen molar-refractivity contribution in [1.82, 2.24) is 20.0 Å². The Morgan fingerprint density at radius 1 is 1.27 bits per heavy atom. The molecular weight excluding hydrogens is 334 g/mol. The zero-order chi connectivity index (χ0) is 18.3. The van der Waals surface area contributed by atoms with Gasteiger partial charge in [0.05, 0.1) is 4.92 Å². The van der Waals surface area contributed by atoms with Crippen molar-refractivity contribution in [1.29, 1.82) is 0 Å². The van der Waals surface area contributed by atoms with Gasteiger partial charge in [0.25, 0.3) is 11.6 Å². The second kappa shape index (κ2) is 6.53. The molecule has 3 heterocycles. The molecule has 1 aromatic carbocycles. The number of benzene rings is 1. The zero-order valence-electron chi connectivity index (χ0n) is 14.5. The van der Waals surface area contributed by atoms with Crippen molar-refractivity contribution in [2.24, 2.45) is 0 Å². The number of fused-ring (bicyclic) bond motifs is 2. The molecule has 1 aromatic heterocycles. The first-order valence-electron chi connectivity index (χ1n) is 8.85. The Morgan fingerprint density at radius 3 is 2.65 bits per heavy atom. The fraction of sp³-hybridized carbons (Fsp3) is 0.444. The minimum absolute atomic E-state index is 0.0436. The molecule has 2 unspecified atom stereocenters. The summed E-state index contributed by atoms with van der Waals surface area (Å²) in [6.07, 6.45) is 5.87. The van der Waals surface area contributed by atoms with Gasteiger partial charge in [-0.1, -0.05) is 12.1 Å². The molecule has 2 bridgehead atoms. The van der Waals surface area contributed by atoms with Gasteiger partial charge in [-0.2, -0.15) is 5.10 Å². The molecule has 2 aliphatic rings. The standard InChI is InChI=1S/C18H21N5O3/c1-21(14-10-12-6-7-13(11-14)19-12)18(24)15-8-9-22(20-15)16-4-2-3-5-17(16)23(25)26/h2-5,8-9,12-14,19H,6-7,10-11H2,1H3. The van der Waals surface area contributed by atoms with Gasteiger partial charge in [0.2, 0.25) is 0 Å². The summed E-state index contributed by atoms with van der Waals surface area (Å²) in [5, 5.41) is 19.1. The summed E-state index contributed by atoms with van der Waals surface area (Å²) in [4.78, 5) is 25.4. The molecule has 1 N–H and O–H groups in total. The first-order chi connectivity index (χ1) is 12.5. The summed E-state index contributed by atoms with van der Waals surface area (Å²) in [6.45, 7) is 0. The molecule has 4 rings (SSSR count). The summed E-state index contributed by atoms with van der Waals surface area (Å²) in [7, 11) is 1.82. The molecule has 0 radical (unpaired) electrons. The van der Waals surface area contributed by atoms with Gasteiger partial charge in [-0.05, 0) is 37.8 Å². The normalized spacial score (nSPS) is 24.4. The topological polar surface area (TPSA) is 93.3 Å². The number of nitro groups is 1. The summed E-state index contributed by atoms with van der Waals surface area (Å²) in [5.74, 6) is -0.145. The Balaban J connectivity index is 1.54. The number of hydrogen-bond acceptors (Lipinski definition) is 5. The summed E-state index contributed by atoms with van der Waals surface area (Å²) >= 11 is 0. The predicted octanol–water partition coefficient (Wildman–Crippen LogP) is 2.14. The lowest BCUT2D eigenvalue weighted by molar-refractivity contribution is -0.384. The molecule has 2 saturated heterocycles. The molecule has 2 aliphatic heterocycles. The van der Waals surface area contributed by atoms with Gasteiger partial charge in [-0.25, -0.2) is 4.68 Å². The average molecular weight is 355 g/mol. The highest BCUT2D eigenvalue weighted by molar-refractivity contribution is 5.92. The van der Waals surface area contributed by atoms with Crippen LogP contribution in [0.2, 0.25) is 0 Å². The molecule has 2 aromatic rings. The summed E-state index contributed by atoms with van der Waals surface area (Å²) in [6, 6.07) is 9.18. The van der Waals surface area contributed by atoms with E-state index in [0.29, 0.717) is 23.5 Å². The Labute approximate surface area is 150 Å². The van der Waals surface area contributed by atoms with E-state index < -0.39 is 4.92 Å². The van der Waals surface area contributed by atoms with Crippen LogP contribution >= 0.6 is 0 Å². The number of aromatic nitrogens is 2. The van der Waals surface area contributed by atoms with Crippen molar-refractivity contribution >= 4 is 11.6 Å². The van der Waals surface area contributed by atoms with Gasteiger partial charge in [0.1, 0.15) is 5.69 Å². The van der Waals surface area contributed by atoms with E-state index in [4.69, 9.17) is 0 Å². The van der Waals surface area contributed by atoms with E-state index in [0.717, 1.165) is 12.8 Å². The van der Waals surface area contributed by atoms with Crippen LogP contribution in [0.5, 0.6) is 0 Å². The maximum atomic E-state index is 12.8. The van der Waals surface area contributed by atoms with Crippen LogP contribution in [0, 0.1) is 10.1 Å². The highest BCUT2D eigenvalue weighted by atomic mass is 16.6. The van der Waals surface area contributed by atoms with Crippen LogP contribution in [-0.4, -0.2) is 50.7 Å². The van der Waals surface area contributed by atoms with Crippen molar-refractivity contribution in [2.75, 3.05) is 7.05 Å². The lowest BCUT2D eigenvalue weighted by Gasteiger charge is -2.35. The Bertz CT molecular complexity index is 837. The lowest BCUT2D eigenvalue weighted by atomic mass is 9.98. The molecule has 1 amide bonds. The van der Waals surface area contributed by atoms with Crippen LogP contribution in [0.4, 0.5) is 5.69 Å². The molecule has 0 spiro atoms. The van der Waals surface area contributed by atoms with Crippen LogP contribution < -0.4 is 5.32 Å². The largest absolute Gasteiger partial charge is 0.337 e. The fourth-order valence-corrected chi connectivity index (χ4v) is 4.07. The maximum absolute atomic E-state index is 12.8. The molecule has 0 saturated carbocycles. The second-order valence-corrected chi connectivity index (χ2v) is 7.07. The highest BCUT2D eigenvalue weighted by Gasteiger charge is 2.36. The Hall–Kier alpha value is -2.74. The van der Waals surface area contributed by atoms with Gasteiger partial charge in [0, 0.05) is 37.4 Å². The predicted molar refractivity (Wildman–Crippen MR) is 95.3 cm³/mol. The van der Waals surface area contributed by atoms with Crippen LogP contribution in [0.3, 0.4) is 0 Å². The molecule has 2 atom stereocenters. The molecule has 136 valence electrons. The van der Waals surface area contributed by atoms with E-state index >= 15 is 0 Å². The SMILES string of the molecule is CN(C(=O)c1ccn(-c2ccccc2[N+](=O)[O-])n1)C1CC2CCC(C1)N2. The maximum Gasteiger partial charge on any atom is 0.294 e. The number of carbonyl (C=O) groups is 1. The van der Waals surface area contributed by atoms with E-state index in [-0.39, 0.29) is 17.6 Å². The number of nitro benzene ring substituents is 1. The number of hydrogen-bond donors (Lipinski definition) is 1. The van der Waals surface area contributed by atoms with Gasteiger partial charge in [-0.3, -0.25) is 14.9 Å². The summed E-state index contributed by atoms with van der Waals surface area (Å²) in [5.41, 5.74) is 0.605. The number of rotatable bonds is 4. The van der Waals surface area contributed by atoms with Crippen LogP contribution in [0.25, 0.3) is 5.69 Å². The molecule has 2 fully saturated rings. The number of para-hydroxylation sites is 2. The minimum atomic E-state index is -0.449. The number of amides is 1. The molecule has 0 aliphatic carbocycles. The third-order valence-electron chi connectivity index (χ3n) is 5.45. The number of carbonyl (C=O) groups excluding carboxylic acids is 1. The molecule has 8 nitrogen and oxygen atoms in total. The first-order valence-corrected chi connectivity index (χ1v) is 8.85. The van der Waals surface area contributed by atoms with Crippen molar-refractivity contribution < 1.29 is 9.72 Å². The first kappa shape index (κ1) is 16.7. The smallest absolute Gasteiger partial charge is 0.294 e. The van der Waals surface area contributed by atoms with E-state index in [1.807, 2.05) is 7.05 Å². The van der Waals surface area contributed by atoms with Crippen LogP contribution in [0.15, 0.2) is 36.5 Å². The Morgan fingerprint density at radius 2 is 1.96 bits per heavy atom. The molecule has 8 heteroatoms. The molecular formula is C18H21N5O3. The van der Waals surface area contributed by atoms with Crippen molar-refractivity contribution in [2.45, 2.75) is 43.8 Å². The van der Waals surface area contributed by atoms with Crippen molar-refractivity contribution in [3.63, 3.8) is 0 Å². The second-order valence-electron chi connectivity index (χ2n) is 7.07. The summed E-state index contributed by atoms with van der Waals surface area (Å²) < 4.78 is 1.39. The number of nitrogens with zero attached hydrogens (tertiary/aromatic N) is 4. The molecule has 26 heavy (non-hydrogen) atoms. The fourth-order valence-electron chi connectivity index (χ4n) is 4.07. The zero-order valence-corrected chi connectivity index (χ0v) is 14.5. The lowest BCUT2D eigenvalue weighted by Crippen LogP contribution is -2.48. The van der Waals surface area contributed by atoms with Gasteiger partial charge in [0.15, 0.2) is 5.69 Å². The number of nitrogens with one attached hydrogen (secondary N) is 1. The van der Waals surface area contributed by atoms with Crippen molar-refractivity contribution in [3.05, 3.63) is 52.3 Å². The van der Waals surface area contributed by atoms with Crippen LogP contribution in [-0.2, 0) is 0 Å². The minimum Gasteiger partial charge on any atom is -0.337 e. The van der Waals surface area contributed by atoms with E-state index in [1.165, 1.54) is 23.6 Å². The third-order valence-corrected chi connectivity index (χ3v) is 5.45. The van der Waals surface area contributed by atoms with Crippen LogP contribution in [0.1, 0.15) is 36.2 Å².